The molecule has 0 aliphatic carbocycles. The second kappa shape index (κ2) is 6.95. The van der Waals surface area contributed by atoms with E-state index in [4.69, 9.17) is 9.88 Å². The number of rotatable bonds is 6. The van der Waals surface area contributed by atoms with Crippen molar-refractivity contribution in [2.45, 2.75) is 18.0 Å². The summed E-state index contributed by atoms with van der Waals surface area (Å²) in [5.41, 5.74) is 0.476. The smallest absolute Gasteiger partial charge is 0.411 e. The van der Waals surface area contributed by atoms with Crippen molar-refractivity contribution in [1.29, 1.82) is 0 Å². The van der Waals surface area contributed by atoms with Gasteiger partial charge in [0, 0.05) is 4.47 Å². The van der Waals surface area contributed by atoms with Crippen molar-refractivity contribution in [2.75, 3.05) is 19.8 Å². The van der Waals surface area contributed by atoms with E-state index in [1.807, 2.05) is 0 Å². The van der Waals surface area contributed by atoms with Crippen LogP contribution in [0.25, 0.3) is 0 Å². The molecule has 2 N–H and O–H groups in total. The van der Waals surface area contributed by atoms with E-state index in [0.29, 0.717) is 10.0 Å². The molecule has 0 spiro atoms. The van der Waals surface area contributed by atoms with E-state index in [9.17, 15) is 21.6 Å². The Hall–Kier alpha value is -0.840. The minimum absolute atomic E-state index is 0.00342. The number of halogens is 4. The summed E-state index contributed by atoms with van der Waals surface area (Å²) in [5.74, 6) is -0.00342. The van der Waals surface area contributed by atoms with Gasteiger partial charge in [0.05, 0.1) is 6.61 Å². The number of aryl methyl sites for hydroxylation is 1. The highest BCUT2D eigenvalue weighted by molar-refractivity contribution is 9.10. The minimum atomic E-state index is -4.42. The molecule has 0 radical (unpaired) electrons. The second-order valence-electron chi connectivity index (χ2n) is 4.11. The third kappa shape index (κ3) is 6.20. The zero-order valence-electron chi connectivity index (χ0n) is 10.9. The van der Waals surface area contributed by atoms with Crippen LogP contribution in [0.15, 0.2) is 21.5 Å². The summed E-state index contributed by atoms with van der Waals surface area (Å²) in [5, 5.41) is 5.07. The van der Waals surface area contributed by atoms with E-state index in [2.05, 4.69) is 20.7 Å². The number of alkyl halides is 3. The molecule has 0 saturated carbocycles. The molecule has 5 nitrogen and oxygen atoms in total. The van der Waals surface area contributed by atoms with Gasteiger partial charge in [-0.3, -0.25) is 0 Å². The average Bonchev–Trinajstić information content (AvgIpc) is 2.27. The zero-order valence-corrected chi connectivity index (χ0v) is 13.3. The minimum Gasteiger partial charge on any atom is -0.489 e. The van der Waals surface area contributed by atoms with Gasteiger partial charge in [-0.1, -0.05) is 15.9 Å². The highest BCUT2D eigenvalue weighted by atomic mass is 79.9. The van der Waals surface area contributed by atoms with Gasteiger partial charge in [-0.25, -0.2) is 13.6 Å². The van der Waals surface area contributed by atoms with E-state index in [-0.39, 0.29) is 23.9 Å². The summed E-state index contributed by atoms with van der Waals surface area (Å²) in [6.07, 6.45) is -4.42. The lowest BCUT2D eigenvalue weighted by Gasteiger charge is -2.14. The first kappa shape index (κ1) is 18.2. The van der Waals surface area contributed by atoms with Crippen molar-refractivity contribution in [1.82, 2.24) is 0 Å². The van der Waals surface area contributed by atoms with Gasteiger partial charge in [-0.05, 0) is 24.6 Å². The molecule has 1 aromatic carbocycles. The summed E-state index contributed by atoms with van der Waals surface area (Å²) >= 11 is 3.13. The molecule has 0 saturated heterocycles. The van der Waals surface area contributed by atoms with Gasteiger partial charge in [0.2, 0.25) is 10.0 Å². The molecule has 0 aromatic heterocycles. The van der Waals surface area contributed by atoms with Crippen molar-refractivity contribution in [2.24, 2.45) is 5.14 Å². The number of sulfonamides is 1. The van der Waals surface area contributed by atoms with E-state index < -0.39 is 22.8 Å². The largest absolute Gasteiger partial charge is 0.489 e. The topological polar surface area (TPSA) is 78.6 Å². The highest BCUT2D eigenvalue weighted by Gasteiger charge is 2.27. The van der Waals surface area contributed by atoms with Gasteiger partial charge in [0.15, 0.2) is 0 Å². The lowest BCUT2D eigenvalue weighted by molar-refractivity contribution is -0.175. The molecule has 21 heavy (non-hydrogen) atoms. The van der Waals surface area contributed by atoms with Gasteiger partial charge in [0.1, 0.15) is 23.9 Å². The molecule has 0 atom stereocenters. The van der Waals surface area contributed by atoms with Crippen molar-refractivity contribution in [3.05, 3.63) is 22.2 Å². The number of hydrogen-bond acceptors (Lipinski definition) is 4. The van der Waals surface area contributed by atoms with Crippen LogP contribution in [0.2, 0.25) is 0 Å². The number of benzene rings is 1. The Morgan fingerprint density at radius 1 is 1.29 bits per heavy atom. The Bertz CT molecular complexity index is 604. The monoisotopic (exact) mass is 391 g/mol. The Morgan fingerprint density at radius 3 is 2.43 bits per heavy atom. The fraction of sp³-hybridized carbons (Fsp3) is 0.455. The maximum atomic E-state index is 11.9. The Balaban J connectivity index is 2.75. The number of ether oxygens (including phenoxy) is 2. The third-order valence-corrected chi connectivity index (χ3v) is 3.63. The Kier molecular flexibility index (Phi) is 6.02. The van der Waals surface area contributed by atoms with Crippen molar-refractivity contribution < 1.29 is 31.1 Å². The van der Waals surface area contributed by atoms with E-state index >= 15 is 0 Å². The first-order chi connectivity index (χ1) is 9.50. The molecule has 1 rings (SSSR count). The number of hydrogen-bond donors (Lipinski definition) is 1. The lowest BCUT2D eigenvalue weighted by atomic mass is 10.2. The molecule has 0 aliphatic heterocycles. The maximum Gasteiger partial charge on any atom is 0.411 e. The van der Waals surface area contributed by atoms with Crippen LogP contribution in [0, 0.1) is 6.92 Å². The fourth-order valence-corrected chi connectivity index (χ4v) is 2.98. The van der Waals surface area contributed by atoms with E-state index in [0.717, 1.165) is 0 Å². The van der Waals surface area contributed by atoms with E-state index in [1.165, 1.54) is 6.07 Å². The quantitative estimate of drug-likeness (QED) is 0.754. The van der Waals surface area contributed by atoms with Crippen molar-refractivity contribution in [3.8, 4) is 5.75 Å². The maximum absolute atomic E-state index is 11.9. The SMILES string of the molecule is Cc1cc(Br)cc(S(N)(=O)=O)c1OCCOCC(F)(F)F. The van der Waals surface area contributed by atoms with Crippen LogP contribution in [0.3, 0.4) is 0 Å². The average molecular weight is 392 g/mol. The van der Waals surface area contributed by atoms with Gasteiger partial charge < -0.3 is 9.47 Å². The first-order valence-electron chi connectivity index (χ1n) is 5.61. The van der Waals surface area contributed by atoms with Crippen LogP contribution < -0.4 is 9.88 Å². The summed E-state index contributed by atoms with van der Waals surface area (Å²) in [6.45, 7) is -0.372. The normalized spacial score (nSPS) is 12.5. The Labute approximate surface area is 128 Å². The van der Waals surface area contributed by atoms with Crippen LogP contribution in [-0.2, 0) is 14.8 Å². The predicted octanol–water partition coefficient (Wildman–Crippen LogP) is 2.36. The second-order valence-corrected chi connectivity index (χ2v) is 6.56. The molecule has 120 valence electrons. The van der Waals surface area contributed by atoms with Crippen molar-refractivity contribution >= 4 is 26.0 Å². The zero-order chi connectivity index (χ0) is 16.3. The van der Waals surface area contributed by atoms with Crippen LogP contribution in [0.5, 0.6) is 5.75 Å². The van der Waals surface area contributed by atoms with Gasteiger partial charge in [-0.15, -0.1) is 0 Å². The summed E-state index contributed by atoms with van der Waals surface area (Å²) in [6, 6.07) is 2.86. The number of primary sulfonamides is 1. The molecule has 1 aromatic rings. The fourth-order valence-electron chi connectivity index (χ4n) is 1.49. The molecule has 0 unspecified atom stereocenters. The van der Waals surface area contributed by atoms with Crippen molar-refractivity contribution in [3.63, 3.8) is 0 Å². The third-order valence-electron chi connectivity index (χ3n) is 2.25. The molecule has 10 heteroatoms. The number of nitrogens with two attached hydrogens (primary N) is 1. The molecule has 0 heterocycles. The predicted molar refractivity (Wildman–Crippen MR) is 72.6 cm³/mol. The van der Waals surface area contributed by atoms with Crippen LogP contribution in [0.4, 0.5) is 13.2 Å². The lowest BCUT2D eigenvalue weighted by Crippen LogP contribution is -2.20. The first-order valence-corrected chi connectivity index (χ1v) is 7.95. The Morgan fingerprint density at radius 2 is 1.90 bits per heavy atom. The van der Waals surface area contributed by atoms with Gasteiger partial charge >= 0.3 is 6.18 Å². The summed E-state index contributed by atoms with van der Waals surface area (Å²) in [7, 11) is -4.02. The molecular weight excluding hydrogens is 379 g/mol. The van der Waals surface area contributed by atoms with Gasteiger partial charge in [-0.2, -0.15) is 13.2 Å². The van der Waals surface area contributed by atoms with Crippen LogP contribution in [-0.4, -0.2) is 34.4 Å². The summed E-state index contributed by atoms with van der Waals surface area (Å²) < 4.78 is 68.6. The molecule has 0 fully saturated rings. The molecule has 0 amide bonds. The molecule has 0 aliphatic rings. The highest BCUT2D eigenvalue weighted by Crippen LogP contribution is 2.30. The van der Waals surface area contributed by atoms with Crippen LogP contribution in [0.1, 0.15) is 5.56 Å². The van der Waals surface area contributed by atoms with Gasteiger partial charge in [0.25, 0.3) is 0 Å². The van der Waals surface area contributed by atoms with Crippen LogP contribution >= 0.6 is 15.9 Å². The van der Waals surface area contributed by atoms with E-state index in [1.54, 1.807) is 13.0 Å². The molecular formula is C11H13BrF3NO4S. The summed E-state index contributed by atoms with van der Waals surface area (Å²) in [4.78, 5) is -0.245. The molecule has 0 bridgehead atoms. The standard InChI is InChI=1S/C11H13BrF3NO4S/c1-7-4-8(12)5-9(21(16,17)18)10(7)20-3-2-19-6-11(13,14)15/h4-5H,2-3,6H2,1H3,(H2,16,17,18).